The molecule has 1 heterocycles. The maximum atomic E-state index is 10.2. The molecule has 0 bridgehead atoms. The average Bonchev–Trinajstić information content (AvgIpc) is 2.75. The molecule has 0 unspecified atom stereocenters. The van der Waals surface area contributed by atoms with Crippen LogP contribution in [0.3, 0.4) is 0 Å². The number of nitrogens with zero attached hydrogens (tertiary/aromatic N) is 2. The van der Waals surface area contributed by atoms with Crippen LogP contribution in [0.1, 0.15) is 20.7 Å². The van der Waals surface area contributed by atoms with Gasteiger partial charge in [-0.3, -0.25) is 9.97 Å². The number of phenolic OH excluding ortho intramolecular Hbond substituents is 2. The summed E-state index contributed by atoms with van der Waals surface area (Å²) >= 11 is 0. The van der Waals surface area contributed by atoms with Gasteiger partial charge in [-0.15, -0.1) is 0 Å². The third-order valence-electron chi connectivity index (χ3n) is 3.60. The number of carboxylic acids is 2. The molecule has 0 spiro atoms. The molecule has 0 aliphatic heterocycles. The van der Waals surface area contributed by atoms with Crippen molar-refractivity contribution in [1.29, 1.82) is 0 Å². The predicted molar refractivity (Wildman–Crippen MR) is 110 cm³/mol. The number of aromatic nitrogens is 2. The zero-order chi connectivity index (χ0) is 21.9. The van der Waals surface area contributed by atoms with Gasteiger partial charge in [0.1, 0.15) is 11.5 Å². The van der Waals surface area contributed by atoms with E-state index in [-0.39, 0.29) is 22.6 Å². The largest absolute Gasteiger partial charge is 0.508 e. The van der Waals surface area contributed by atoms with Crippen LogP contribution in [-0.4, -0.2) is 42.3 Å². The molecule has 152 valence electrons. The number of aromatic hydroxyl groups is 2. The molecular weight excluding hydrogens is 388 g/mol. The molecular formula is C22H18N2O6. The van der Waals surface area contributed by atoms with Crippen molar-refractivity contribution in [3.05, 3.63) is 96.3 Å². The third-order valence-corrected chi connectivity index (χ3v) is 3.60. The highest BCUT2D eigenvalue weighted by Gasteiger charge is 2.00. The molecule has 4 rings (SSSR count). The normalized spacial score (nSPS) is 9.47. The van der Waals surface area contributed by atoms with Crippen LogP contribution in [0.15, 0.2) is 85.2 Å². The summed E-state index contributed by atoms with van der Waals surface area (Å²) in [5.41, 5.74) is 2.26. The Labute approximate surface area is 171 Å². The molecule has 8 heteroatoms. The van der Waals surface area contributed by atoms with E-state index in [9.17, 15) is 9.59 Å². The molecule has 0 saturated heterocycles. The molecule has 0 radical (unpaired) electrons. The molecule has 0 aliphatic rings. The molecule has 30 heavy (non-hydrogen) atoms. The second kappa shape index (κ2) is 10.8. The molecule has 0 atom stereocenters. The summed E-state index contributed by atoms with van der Waals surface area (Å²) in [5, 5.41) is 34.3. The van der Waals surface area contributed by atoms with Crippen LogP contribution in [0.4, 0.5) is 0 Å². The van der Waals surface area contributed by atoms with Crippen LogP contribution in [0.2, 0.25) is 0 Å². The van der Waals surface area contributed by atoms with Crippen LogP contribution in [0.25, 0.3) is 11.0 Å². The highest BCUT2D eigenvalue weighted by Crippen LogP contribution is 2.09. The van der Waals surface area contributed by atoms with Crippen molar-refractivity contribution in [1.82, 2.24) is 9.97 Å². The van der Waals surface area contributed by atoms with Gasteiger partial charge >= 0.3 is 11.9 Å². The number of carbonyl (C=O) groups is 2. The first-order valence-corrected chi connectivity index (χ1v) is 8.57. The van der Waals surface area contributed by atoms with Crippen LogP contribution in [0.5, 0.6) is 11.5 Å². The molecule has 4 N–H and O–H groups in total. The zero-order valence-electron chi connectivity index (χ0n) is 15.6. The van der Waals surface area contributed by atoms with Crippen LogP contribution >= 0.6 is 0 Å². The van der Waals surface area contributed by atoms with Crippen molar-refractivity contribution < 1.29 is 30.0 Å². The first-order chi connectivity index (χ1) is 14.4. The minimum absolute atomic E-state index is 0.0741. The lowest BCUT2D eigenvalue weighted by Crippen LogP contribution is -1.93. The van der Waals surface area contributed by atoms with E-state index >= 15 is 0 Å². The topological polar surface area (TPSA) is 141 Å². The summed E-state index contributed by atoms with van der Waals surface area (Å²) in [6.07, 6.45) is 3.39. The molecule has 0 amide bonds. The molecule has 8 nitrogen and oxygen atoms in total. The minimum atomic E-state index is -0.986. The quantitative estimate of drug-likeness (QED) is 0.394. The Morgan fingerprint density at radius 3 is 1.20 bits per heavy atom. The van der Waals surface area contributed by atoms with E-state index in [0.717, 1.165) is 11.0 Å². The number of para-hydroxylation sites is 2. The molecule has 4 aromatic rings. The van der Waals surface area contributed by atoms with Gasteiger partial charge in [0.25, 0.3) is 0 Å². The fourth-order valence-corrected chi connectivity index (χ4v) is 2.12. The zero-order valence-corrected chi connectivity index (χ0v) is 15.6. The Hall–Kier alpha value is -4.46. The van der Waals surface area contributed by atoms with Crippen LogP contribution in [-0.2, 0) is 0 Å². The van der Waals surface area contributed by atoms with Gasteiger partial charge in [0.15, 0.2) is 0 Å². The SMILES string of the molecule is O=C(O)c1ccc(O)cc1.O=C(O)c1ccc(O)cc1.c1ccc2nccnc2c1. The van der Waals surface area contributed by atoms with Gasteiger partial charge in [0.2, 0.25) is 0 Å². The van der Waals surface area contributed by atoms with Gasteiger partial charge in [-0.25, -0.2) is 9.59 Å². The van der Waals surface area contributed by atoms with Gasteiger partial charge in [0, 0.05) is 12.4 Å². The fourth-order valence-electron chi connectivity index (χ4n) is 2.12. The number of hydrogen-bond acceptors (Lipinski definition) is 6. The van der Waals surface area contributed by atoms with Gasteiger partial charge < -0.3 is 20.4 Å². The number of benzene rings is 3. The summed E-state index contributed by atoms with van der Waals surface area (Å²) in [4.78, 5) is 28.7. The van der Waals surface area contributed by atoms with Gasteiger partial charge in [-0.1, -0.05) is 12.1 Å². The first kappa shape index (κ1) is 21.8. The molecule has 0 aliphatic carbocycles. The van der Waals surface area contributed by atoms with E-state index in [1.807, 2.05) is 24.3 Å². The third kappa shape index (κ3) is 6.93. The number of rotatable bonds is 2. The summed E-state index contributed by atoms with van der Waals surface area (Å²) in [6.45, 7) is 0. The van der Waals surface area contributed by atoms with E-state index in [1.54, 1.807) is 12.4 Å². The summed E-state index contributed by atoms with van der Waals surface area (Å²) in [6, 6.07) is 18.5. The Balaban J connectivity index is 0.000000160. The van der Waals surface area contributed by atoms with Crippen LogP contribution < -0.4 is 0 Å². The summed E-state index contributed by atoms with van der Waals surface area (Å²) in [5.74, 6) is -1.82. The average molecular weight is 406 g/mol. The summed E-state index contributed by atoms with van der Waals surface area (Å²) < 4.78 is 0. The Morgan fingerprint density at radius 1 is 0.567 bits per heavy atom. The lowest BCUT2D eigenvalue weighted by molar-refractivity contribution is 0.0686. The maximum absolute atomic E-state index is 10.2. The number of carboxylic acid groups (broad SMARTS) is 2. The lowest BCUT2D eigenvalue weighted by Gasteiger charge is -1.92. The van der Waals surface area contributed by atoms with Crippen molar-refractivity contribution in [2.75, 3.05) is 0 Å². The number of hydrogen-bond donors (Lipinski definition) is 4. The van der Waals surface area contributed by atoms with Crippen LogP contribution in [0, 0.1) is 0 Å². The van der Waals surface area contributed by atoms with Gasteiger partial charge in [-0.05, 0) is 60.7 Å². The molecule has 3 aromatic carbocycles. The van der Waals surface area contributed by atoms with Crippen molar-refractivity contribution in [3.8, 4) is 11.5 Å². The van der Waals surface area contributed by atoms with Gasteiger partial charge in [0.05, 0.1) is 22.2 Å². The number of aromatic carboxylic acids is 2. The van der Waals surface area contributed by atoms with E-state index in [1.165, 1.54) is 48.5 Å². The minimum Gasteiger partial charge on any atom is -0.508 e. The van der Waals surface area contributed by atoms with E-state index in [4.69, 9.17) is 20.4 Å². The second-order valence-electron chi connectivity index (χ2n) is 5.75. The maximum Gasteiger partial charge on any atom is 0.335 e. The lowest BCUT2D eigenvalue weighted by atomic mass is 10.2. The van der Waals surface area contributed by atoms with Crippen molar-refractivity contribution in [2.24, 2.45) is 0 Å². The molecule has 0 fully saturated rings. The van der Waals surface area contributed by atoms with E-state index in [2.05, 4.69) is 9.97 Å². The number of fused-ring (bicyclic) bond motifs is 1. The highest BCUT2D eigenvalue weighted by molar-refractivity contribution is 5.88. The van der Waals surface area contributed by atoms with Crippen molar-refractivity contribution >= 4 is 23.0 Å². The fraction of sp³-hybridized carbons (Fsp3) is 0. The monoisotopic (exact) mass is 406 g/mol. The molecule has 0 saturated carbocycles. The van der Waals surface area contributed by atoms with Crippen molar-refractivity contribution in [2.45, 2.75) is 0 Å². The Bertz CT molecular complexity index is 991. The number of phenols is 2. The molecule has 1 aromatic heterocycles. The van der Waals surface area contributed by atoms with E-state index < -0.39 is 11.9 Å². The smallest absolute Gasteiger partial charge is 0.335 e. The van der Waals surface area contributed by atoms with Gasteiger partial charge in [-0.2, -0.15) is 0 Å². The Morgan fingerprint density at radius 2 is 0.900 bits per heavy atom. The predicted octanol–water partition coefficient (Wildman–Crippen LogP) is 3.81. The standard InChI is InChI=1S/C8H6N2.2C7H6O3/c1-2-4-8-7(3-1)9-5-6-10-8;2*8-6-3-1-5(2-4-6)7(9)10/h1-6H;2*1-4,8H,(H,9,10). The summed E-state index contributed by atoms with van der Waals surface area (Å²) in [7, 11) is 0. The Kier molecular flexibility index (Phi) is 7.84. The first-order valence-electron chi connectivity index (χ1n) is 8.57. The van der Waals surface area contributed by atoms with E-state index in [0.29, 0.717) is 0 Å². The second-order valence-corrected chi connectivity index (χ2v) is 5.75. The van der Waals surface area contributed by atoms with Crippen molar-refractivity contribution in [3.63, 3.8) is 0 Å². The highest BCUT2D eigenvalue weighted by atomic mass is 16.4.